The number of nitrogens with two attached hydrogens (primary N) is 1. The number of aromatic amines is 1. The largest absolute Gasteiger partial charge is 0.397 e. The average molecular weight is 189 g/mol. The maximum absolute atomic E-state index is 11.4. The average Bonchev–Trinajstić information content (AvgIpc) is 2.44. The van der Waals surface area contributed by atoms with E-state index in [1.165, 1.54) is 10.9 Å². The number of pyridine rings is 1. The van der Waals surface area contributed by atoms with E-state index < -0.39 is 0 Å². The number of H-pyrrole nitrogens is 1. The third-order valence-corrected chi connectivity index (χ3v) is 2.03. The molecular weight excluding hydrogens is 182 g/mol. The minimum Gasteiger partial charge on any atom is -0.397 e. The smallest absolute Gasteiger partial charge is 0.275 e. The maximum atomic E-state index is 11.4. The van der Waals surface area contributed by atoms with Gasteiger partial charge in [-0.25, -0.2) is 4.98 Å². The molecule has 14 heavy (non-hydrogen) atoms. The second-order valence-corrected chi connectivity index (χ2v) is 2.90. The molecule has 0 aliphatic carbocycles. The number of aromatic nitrogens is 3. The van der Waals surface area contributed by atoms with E-state index in [9.17, 15) is 4.79 Å². The fourth-order valence-corrected chi connectivity index (χ4v) is 1.34. The number of nitrogens with one attached hydrogen (secondary N) is 1. The summed E-state index contributed by atoms with van der Waals surface area (Å²) in [6, 6.07) is 1.87. The molecule has 0 amide bonds. The molecule has 2 aromatic heterocycles. The van der Waals surface area contributed by atoms with Gasteiger partial charge in [-0.3, -0.25) is 14.6 Å². The van der Waals surface area contributed by atoms with Crippen LogP contribution in [-0.4, -0.2) is 14.8 Å². The summed E-state index contributed by atoms with van der Waals surface area (Å²) in [7, 11) is 1.65. The lowest BCUT2D eigenvalue weighted by molar-refractivity contribution is 0.774. The maximum Gasteiger partial charge on any atom is 0.275 e. The van der Waals surface area contributed by atoms with Crippen molar-refractivity contribution in [2.45, 2.75) is 0 Å². The van der Waals surface area contributed by atoms with Gasteiger partial charge in [-0.1, -0.05) is 0 Å². The van der Waals surface area contributed by atoms with Crippen molar-refractivity contribution in [1.29, 1.82) is 5.26 Å². The molecule has 0 fully saturated rings. The van der Waals surface area contributed by atoms with E-state index >= 15 is 0 Å². The molecule has 0 saturated carbocycles. The van der Waals surface area contributed by atoms with Gasteiger partial charge in [0.15, 0.2) is 5.65 Å². The van der Waals surface area contributed by atoms with Crippen molar-refractivity contribution >= 4 is 16.7 Å². The van der Waals surface area contributed by atoms with Crippen LogP contribution in [-0.2, 0) is 7.05 Å². The fourth-order valence-electron chi connectivity index (χ4n) is 1.34. The van der Waals surface area contributed by atoms with E-state index in [1.54, 1.807) is 7.05 Å². The third kappa shape index (κ3) is 0.894. The molecule has 0 bridgehead atoms. The van der Waals surface area contributed by atoms with Gasteiger partial charge in [-0.2, -0.15) is 5.26 Å². The first-order chi connectivity index (χ1) is 6.65. The lowest BCUT2D eigenvalue weighted by atomic mass is 10.2. The second-order valence-electron chi connectivity index (χ2n) is 2.90. The Morgan fingerprint density at radius 1 is 1.71 bits per heavy atom. The SMILES string of the molecule is Cn1[nH]c(=O)c2c(N)c(C#N)cnc21. The summed E-state index contributed by atoms with van der Waals surface area (Å²) in [6.45, 7) is 0. The molecule has 3 N–H and O–H groups in total. The lowest BCUT2D eigenvalue weighted by Crippen LogP contribution is -2.03. The summed E-state index contributed by atoms with van der Waals surface area (Å²) in [6.07, 6.45) is 1.35. The predicted octanol–water partition coefficient (Wildman–Crippen LogP) is -0.285. The fraction of sp³-hybridized carbons (Fsp3) is 0.125. The molecule has 0 spiro atoms. The zero-order valence-electron chi connectivity index (χ0n) is 7.40. The summed E-state index contributed by atoms with van der Waals surface area (Å²) in [5.74, 6) is 0. The summed E-state index contributed by atoms with van der Waals surface area (Å²) in [5, 5.41) is 11.5. The van der Waals surface area contributed by atoms with Crippen LogP contribution in [0.15, 0.2) is 11.0 Å². The highest BCUT2D eigenvalue weighted by molar-refractivity contribution is 5.90. The zero-order valence-corrected chi connectivity index (χ0v) is 7.40. The van der Waals surface area contributed by atoms with Gasteiger partial charge in [-0.15, -0.1) is 0 Å². The van der Waals surface area contributed by atoms with Crippen molar-refractivity contribution in [3.63, 3.8) is 0 Å². The number of anilines is 1. The Kier molecular flexibility index (Phi) is 1.54. The summed E-state index contributed by atoms with van der Waals surface area (Å²) in [5.41, 5.74) is 6.17. The van der Waals surface area contributed by atoms with Gasteiger partial charge in [0.1, 0.15) is 11.5 Å². The Balaban J connectivity index is 3.04. The molecule has 0 atom stereocenters. The minimum absolute atomic E-state index is 0.180. The van der Waals surface area contributed by atoms with Crippen molar-refractivity contribution in [3.8, 4) is 6.07 Å². The van der Waals surface area contributed by atoms with E-state index in [-0.39, 0.29) is 22.2 Å². The standard InChI is InChI=1S/C8H7N5O/c1-13-7-5(8(14)12-13)6(10)4(2-9)3-11-7/h3H,1H3,(H2,10,11)(H,12,14). The Morgan fingerprint density at radius 2 is 2.43 bits per heavy atom. The van der Waals surface area contributed by atoms with Crippen LogP contribution in [0.25, 0.3) is 11.0 Å². The van der Waals surface area contributed by atoms with Gasteiger partial charge in [0.05, 0.1) is 11.3 Å². The van der Waals surface area contributed by atoms with E-state index in [4.69, 9.17) is 11.0 Å². The number of hydrogen-bond acceptors (Lipinski definition) is 4. The van der Waals surface area contributed by atoms with Crippen molar-refractivity contribution in [2.24, 2.45) is 7.05 Å². The number of nitriles is 1. The molecule has 6 nitrogen and oxygen atoms in total. The highest BCUT2D eigenvalue weighted by Crippen LogP contribution is 2.17. The Labute approximate surface area is 78.6 Å². The third-order valence-electron chi connectivity index (χ3n) is 2.03. The first kappa shape index (κ1) is 8.31. The monoisotopic (exact) mass is 189 g/mol. The molecule has 70 valence electrons. The van der Waals surface area contributed by atoms with E-state index in [0.29, 0.717) is 5.65 Å². The summed E-state index contributed by atoms with van der Waals surface area (Å²) in [4.78, 5) is 15.3. The van der Waals surface area contributed by atoms with Crippen LogP contribution in [0, 0.1) is 11.3 Å². The van der Waals surface area contributed by atoms with Gasteiger partial charge in [0.25, 0.3) is 5.56 Å². The van der Waals surface area contributed by atoms with Crippen LogP contribution in [0.4, 0.5) is 5.69 Å². The summed E-state index contributed by atoms with van der Waals surface area (Å²) >= 11 is 0. The predicted molar refractivity (Wildman–Crippen MR) is 50.5 cm³/mol. The Hall–Kier alpha value is -2.29. The van der Waals surface area contributed by atoms with Crippen molar-refractivity contribution < 1.29 is 0 Å². The van der Waals surface area contributed by atoms with Crippen LogP contribution >= 0.6 is 0 Å². The number of nitrogens with zero attached hydrogens (tertiary/aromatic N) is 3. The number of fused-ring (bicyclic) bond motifs is 1. The molecule has 0 aliphatic heterocycles. The van der Waals surface area contributed by atoms with Gasteiger partial charge in [-0.05, 0) is 0 Å². The van der Waals surface area contributed by atoms with Gasteiger partial charge in [0, 0.05) is 13.2 Å². The van der Waals surface area contributed by atoms with Gasteiger partial charge in [0.2, 0.25) is 0 Å². The Morgan fingerprint density at radius 3 is 3.07 bits per heavy atom. The highest BCUT2D eigenvalue weighted by Gasteiger charge is 2.11. The molecule has 2 rings (SSSR count). The highest BCUT2D eigenvalue weighted by atomic mass is 16.1. The van der Waals surface area contributed by atoms with Crippen molar-refractivity contribution in [3.05, 3.63) is 22.1 Å². The molecule has 0 aliphatic rings. The van der Waals surface area contributed by atoms with Crippen LogP contribution in [0.2, 0.25) is 0 Å². The van der Waals surface area contributed by atoms with Crippen LogP contribution < -0.4 is 11.3 Å². The summed E-state index contributed by atoms with van der Waals surface area (Å²) < 4.78 is 1.47. The van der Waals surface area contributed by atoms with Gasteiger partial charge < -0.3 is 5.73 Å². The number of rotatable bonds is 0. The van der Waals surface area contributed by atoms with E-state index in [0.717, 1.165) is 0 Å². The van der Waals surface area contributed by atoms with Crippen molar-refractivity contribution in [2.75, 3.05) is 5.73 Å². The molecule has 6 heteroatoms. The topological polar surface area (TPSA) is 100 Å². The molecule has 0 aromatic carbocycles. The number of hydrogen-bond donors (Lipinski definition) is 2. The molecular formula is C8H7N5O. The molecule has 2 heterocycles. The zero-order chi connectivity index (χ0) is 10.3. The normalized spacial score (nSPS) is 10.3. The van der Waals surface area contributed by atoms with Crippen LogP contribution in [0.1, 0.15) is 5.56 Å². The number of aryl methyl sites for hydroxylation is 1. The lowest BCUT2D eigenvalue weighted by Gasteiger charge is -1.97. The molecule has 2 aromatic rings. The quantitative estimate of drug-likeness (QED) is 0.594. The number of nitrogen functional groups attached to an aromatic ring is 1. The van der Waals surface area contributed by atoms with E-state index in [2.05, 4.69) is 10.1 Å². The van der Waals surface area contributed by atoms with Crippen molar-refractivity contribution in [1.82, 2.24) is 14.8 Å². The molecule has 0 unspecified atom stereocenters. The van der Waals surface area contributed by atoms with Crippen LogP contribution in [0.5, 0.6) is 0 Å². The second kappa shape index (κ2) is 2.60. The first-order valence-electron chi connectivity index (χ1n) is 3.88. The van der Waals surface area contributed by atoms with E-state index in [1.807, 2.05) is 6.07 Å². The minimum atomic E-state index is -0.329. The first-order valence-corrected chi connectivity index (χ1v) is 3.88. The van der Waals surface area contributed by atoms with Gasteiger partial charge >= 0.3 is 0 Å². The van der Waals surface area contributed by atoms with Crippen LogP contribution in [0.3, 0.4) is 0 Å². The molecule has 0 radical (unpaired) electrons. The molecule has 0 saturated heterocycles. The Bertz CT molecular complexity index is 600.